The highest BCUT2D eigenvalue weighted by Crippen LogP contribution is 2.21. The van der Waals surface area contributed by atoms with Crippen LogP contribution in [0.5, 0.6) is 0 Å². The summed E-state index contributed by atoms with van der Waals surface area (Å²) < 4.78 is 1.80. The van der Waals surface area contributed by atoms with Gasteiger partial charge in [0.05, 0.1) is 0 Å². The summed E-state index contributed by atoms with van der Waals surface area (Å²) in [6.07, 6.45) is 1.94. The lowest BCUT2D eigenvalue weighted by molar-refractivity contribution is 0.760. The summed E-state index contributed by atoms with van der Waals surface area (Å²) in [5, 5.41) is 7.72. The lowest BCUT2D eigenvalue weighted by Crippen LogP contribution is -2.07. The number of nitrogens with zero attached hydrogens (tertiary/aromatic N) is 2. The van der Waals surface area contributed by atoms with Gasteiger partial charge in [0.15, 0.2) is 0 Å². The molecule has 0 aliphatic carbocycles. The maximum atomic E-state index is 4.33. The third-order valence-corrected chi connectivity index (χ3v) is 3.18. The molecule has 0 spiro atoms. The van der Waals surface area contributed by atoms with Crippen molar-refractivity contribution < 1.29 is 0 Å². The van der Waals surface area contributed by atoms with E-state index in [1.165, 1.54) is 11.1 Å². The third-order valence-electron chi connectivity index (χ3n) is 3.18. The molecule has 0 fully saturated rings. The van der Waals surface area contributed by atoms with Gasteiger partial charge < -0.3 is 5.32 Å². The first-order chi connectivity index (χ1) is 8.56. The molecule has 0 saturated carbocycles. The fourth-order valence-corrected chi connectivity index (χ4v) is 1.97. The Bertz CT molecular complexity index is 497. The molecule has 18 heavy (non-hydrogen) atoms. The Labute approximate surface area is 109 Å². The summed E-state index contributed by atoms with van der Waals surface area (Å²) in [7, 11) is 1.92. The number of anilines is 1. The highest BCUT2D eigenvalue weighted by atomic mass is 15.3. The van der Waals surface area contributed by atoms with Crippen LogP contribution in [0.4, 0.5) is 5.82 Å². The van der Waals surface area contributed by atoms with Crippen molar-refractivity contribution in [2.75, 3.05) is 5.32 Å². The molecule has 0 radical (unpaired) electrons. The third kappa shape index (κ3) is 2.92. The number of hydrogen-bond donors (Lipinski definition) is 1. The van der Waals surface area contributed by atoms with E-state index in [-0.39, 0.29) is 6.04 Å². The van der Waals surface area contributed by atoms with Crippen LogP contribution in [0, 0.1) is 0 Å². The van der Waals surface area contributed by atoms with E-state index in [0.29, 0.717) is 5.92 Å². The zero-order valence-corrected chi connectivity index (χ0v) is 11.5. The predicted octanol–water partition coefficient (Wildman–Crippen LogP) is 3.72. The molecule has 0 bridgehead atoms. The smallest absolute Gasteiger partial charge is 0.148 e. The molecular formula is C15H21N3. The van der Waals surface area contributed by atoms with Gasteiger partial charge >= 0.3 is 0 Å². The Hall–Kier alpha value is -1.77. The first kappa shape index (κ1) is 12.7. The highest BCUT2D eigenvalue weighted by molar-refractivity contribution is 5.37. The number of hydrogen-bond acceptors (Lipinski definition) is 2. The maximum Gasteiger partial charge on any atom is 0.148 e. The van der Waals surface area contributed by atoms with E-state index in [0.717, 1.165) is 5.82 Å². The molecule has 0 aliphatic heterocycles. The van der Waals surface area contributed by atoms with Crippen molar-refractivity contribution in [1.82, 2.24) is 9.78 Å². The number of nitrogens with one attached hydrogen (secondary N) is 1. The topological polar surface area (TPSA) is 29.9 Å². The maximum absolute atomic E-state index is 4.33. The summed E-state index contributed by atoms with van der Waals surface area (Å²) in [4.78, 5) is 0. The summed E-state index contributed by atoms with van der Waals surface area (Å²) in [6.45, 7) is 6.58. The Morgan fingerprint density at radius 2 is 1.61 bits per heavy atom. The van der Waals surface area contributed by atoms with E-state index in [9.17, 15) is 0 Å². The Balaban J connectivity index is 2.06. The lowest BCUT2D eigenvalue weighted by atomic mass is 10.00. The minimum absolute atomic E-state index is 0.265. The van der Waals surface area contributed by atoms with Crippen molar-refractivity contribution in [3.05, 3.63) is 47.7 Å². The van der Waals surface area contributed by atoms with E-state index >= 15 is 0 Å². The van der Waals surface area contributed by atoms with Gasteiger partial charge in [-0.15, -0.1) is 0 Å². The van der Waals surface area contributed by atoms with Crippen LogP contribution in [0.15, 0.2) is 36.5 Å². The monoisotopic (exact) mass is 243 g/mol. The van der Waals surface area contributed by atoms with Gasteiger partial charge in [-0.25, -0.2) is 0 Å². The van der Waals surface area contributed by atoms with Gasteiger partial charge in [0.2, 0.25) is 0 Å². The molecule has 1 unspecified atom stereocenters. The SMILES string of the molecule is CC(C)c1ccc(C(C)Nc2ccn(C)n2)cc1. The minimum Gasteiger partial charge on any atom is -0.362 e. The molecule has 2 aromatic rings. The second-order valence-electron chi connectivity index (χ2n) is 5.06. The number of aryl methyl sites for hydroxylation is 1. The molecule has 0 aliphatic rings. The molecule has 1 aromatic heterocycles. The second kappa shape index (κ2) is 5.25. The molecular weight excluding hydrogens is 222 g/mol. The highest BCUT2D eigenvalue weighted by Gasteiger charge is 2.07. The van der Waals surface area contributed by atoms with Crippen LogP contribution in [0.2, 0.25) is 0 Å². The first-order valence-corrected chi connectivity index (χ1v) is 6.42. The van der Waals surface area contributed by atoms with E-state index in [1.54, 1.807) is 4.68 Å². The summed E-state index contributed by atoms with van der Waals surface area (Å²) in [5.74, 6) is 1.50. The Morgan fingerprint density at radius 1 is 1.00 bits per heavy atom. The molecule has 1 atom stereocenters. The van der Waals surface area contributed by atoms with Crippen molar-refractivity contribution >= 4 is 5.82 Å². The molecule has 3 nitrogen and oxygen atoms in total. The molecule has 0 amide bonds. The van der Waals surface area contributed by atoms with Crippen molar-refractivity contribution in [1.29, 1.82) is 0 Å². The van der Waals surface area contributed by atoms with Crippen molar-refractivity contribution in [3.8, 4) is 0 Å². The molecule has 2 rings (SSSR count). The zero-order chi connectivity index (χ0) is 13.1. The van der Waals surface area contributed by atoms with Crippen LogP contribution in [0.1, 0.15) is 43.9 Å². The summed E-state index contributed by atoms with van der Waals surface area (Å²) in [6, 6.07) is 11.0. The Morgan fingerprint density at radius 3 is 2.11 bits per heavy atom. The number of benzene rings is 1. The van der Waals surface area contributed by atoms with E-state index < -0.39 is 0 Å². The van der Waals surface area contributed by atoms with E-state index in [2.05, 4.69) is 55.5 Å². The molecule has 1 heterocycles. The molecule has 1 aromatic carbocycles. The largest absolute Gasteiger partial charge is 0.362 e. The van der Waals surface area contributed by atoms with E-state index in [1.807, 2.05) is 19.3 Å². The predicted molar refractivity (Wildman–Crippen MR) is 75.8 cm³/mol. The zero-order valence-electron chi connectivity index (χ0n) is 11.5. The number of rotatable bonds is 4. The van der Waals surface area contributed by atoms with Gasteiger partial charge in [-0.3, -0.25) is 4.68 Å². The first-order valence-electron chi connectivity index (χ1n) is 6.42. The van der Waals surface area contributed by atoms with Crippen LogP contribution in [-0.2, 0) is 7.05 Å². The summed E-state index contributed by atoms with van der Waals surface area (Å²) in [5.41, 5.74) is 2.66. The molecule has 96 valence electrons. The van der Waals surface area contributed by atoms with Crippen LogP contribution in [0.25, 0.3) is 0 Å². The molecule has 3 heteroatoms. The van der Waals surface area contributed by atoms with Gasteiger partial charge in [0.25, 0.3) is 0 Å². The standard InChI is InChI=1S/C15H21N3/c1-11(2)13-5-7-14(8-6-13)12(3)16-15-9-10-18(4)17-15/h5-12H,1-4H3,(H,16,17). The van der Waals surface area contributed by atoms with Crippen molar-refractivity contribution in [2.45, 2.75) is 32.7 Å². The quantitative estimate of drug-likeness (QED) is 0.887. The second-order valence-corrected chi connectivity index (χ2v) is 5.06. The van der Waals surface area contributed by atoms with Gasteiger partial charge in [0, 0.05) is 25.4 Å². The molecule has 1 N–H and O–H groups in total. The normalized spacial score (nSPS) is 12.7. The van der Waals surface area contributed by atoms with Crippen LogP contribution >= 0.6 is 0 Å². The van der Waals surface area contributed by atoms with Crippen LogP contribution in [-0.4, -0.2) is 9.78 Å². The minimum atomic E-state index is 0.265. The van der Waals surface area contributed by atoms with Crippen LogP contribution in [0.3, 0.4) is 0 Å². The Kier molecular flexibility index (Phi) is 3.70. The van der Waals surface area contributed by atoms with E-state index in [4.69, 9.17) is 0 Å². The average Bonchev–Trinajstić information content (AvgIpc) is 2.75. The number of aromatic nitrogens is 2. The lowest BCUT2D eigenvalue weighted by Gasteiger charge is -2.14. The van der Waals surface area contributed by atoms with Gasteiger partial charge in [-0.2, -0.15) is 5.10 Å². The van der Waals surface area contributed by atoms with Gasteiger partial charge in [0.1, 0.15) is 5.82 Å². The van der Waals surface area contributed by atoms with Crippen molar-refractivity contribution in [3.63, 3.8) is 0 Å². The van der Waals surface area contributed by atoms with Crippen LogP contribution < -0.4 is 5.32 Å². The molecule has 0 saturated heterocycles. The van der Waals surface area contributed by atoms with Gasteiger partial charge in [-0.1, -0.05) is 38.1 Å². The van der Waals surface area contributed by atoms with Crippen molar-refractivity contribution in [2.24, 2.45) is 7.05 Å². The van der Waals surface area contributed by atoms with Gasteiger partial charge in [-0.05, 0) is 24.0 Å². The fourth-order valence-electron chi connectivity index (χ4n) is 1.97. The fraction of sp³-hybridized carbons (Fsp3) is 0.400. The average molecular weight is 243 g/mol. The summed E-state index contributed by atoms with van der Waals surface area (Å²) >= 11 is 0.